The molecule has 0 aliphatic carbocycles. The Morgan fingerprint density at radius 2 is 1.62 bits per heavy atom. The quantitative estimate of drug-likeness (QED) is 0.482. The minimum absolute atomic E-state index is 0.287. The van der Waals surface area contributed by atoms with E-state index in [1.165, 1.54) is 0 Å². The molecule has 164 valence electrons. The van der Waals surface area contributed by atoms with E-state index >= 15 is 0 Å². The van der Waals surface area contributed by atoms with Crippen LogP contribution in [-0.2, 0) is 0 Å². The van der Waals surface area contributed by atoms with Crippen molar-refractivity contribution in [2.24, 2.45) is 0 Å². The predicted molar refractivity (Wildman–Crippen MR) is 123 cm³/mol. The van der Waals surface area contributed by atoms with Gasteiger partial charge in [-0.15, -0.1) is 0 Å². The average Bonchev–Trinajstić information content (AvgIpc) is 3.29. The number of nitrogens with zero attached hydrogens (tertiary/aromatic N) is 6. The molecular formula is C24H26N6O2. The molecule has 8 heteroatoms. The minimum atomic E-state index is -0.531. The van der Waals surface area contributed by atoms with E-state index in [0.29, 0.717) is 6.54 Å². The fraction of sp³-hybridized carbons (Fsp3) is 0.292. The Balaban J connectivity index is 1.20. The number of fused-ring (bicyclic) bond motifs is 1. The number of benzene rings is 2. The molecule has 2 aromatic heterocycles. The summed E-state index contributed by atoms with van der Waals surface area (Å²) in [6, 6.07) is 19.6. The van der Waals surface area contributed by atoms with Gasteiger partial charge in [0.2, 0.25) is 0 Å². The first-order valence-electron chi connectivity index (χ1n) is 10.9. The normalized spacial score (nSPS) is 15.7. The molecule has 32 heavy (non-hydrogen) atoms. The summed E-state index contributed by atoms with van der Waals surface area (Å²) in [6.45, 7) is 4.23. The summed E-state index contributed by atoms with van der Waals surface area (Å²) in [7, 11) is 0. The highest BCUT2D eigenvalue weighted by Crippen LogP contribution is 2.25. The van der Waals surface area contributed by atoms with Gasteiger partial charge >= 0.3 is 0 Å². The molecule has 1 aliphatic rings. The monoisotopic (exact) mass is 430 g/mol. The van der Waals surface area contributed by atoms with Gasteiger partial charge in [-0.25, -0.2) is 14.6 Å². The van der Waals surface area contributed by atoms with Crippen LogP contribution in [0.4, 0.5) is 5.82 Å². The number of aromatic nitrogens is 4. The number of ether oxygens (including phenoxy) is 1. The lowest BCUT2D eigenvalue weighted by atomic mass is 10.2. The van der Waals surface area contributed by atoms with Gasteiger partial charge in [-0.1, -0.05) is 36.4 Å². The zero-order valence-electron chi connectivity index (χ0n) is 17.8. The number of β-amino-alcohol motifs (C(OH)–C–C–N with tert-alkyl or cyclic N) is 1. The van der Waals surface area contributed by atoms with Crippen molar-refractivity contribution in [2.45, 2.75) is 6.10 Å². The maximum atomic E-state index is 10.4. The van der Waals surface area contributed by atoms with Gasteiger partial charge in [0, 0.05) is 32.7 Å². The third-order valence-corrected chi connectivity index (χ3v) is 5.67. The molecule has 5 rings (SSSR count). The van der Waals surface area contributed by atoms with Crippen LogP contribution in [0.5, 0.6) is 5.75 Å². The van der Waals surface area contributed by atoms with Crippen molar-refractivity contribution in [3.05, 3.63) is 73.2 Å². The van der Waals surface area contributed by atoms with Gasteiger partial charge in [0.05, 0.1) is 17.3 Å². The van der Waals surface area contributed by atoms with Crippen LogP contribution in [0, 0.1) is 0 Å². The van der Waals surface area contributed by atoms with Crippen LogP contribution in [0.3, 0.4) is 0 Å². The summed E-state index contributed by atoms with van der Waals surface area (Å²) in [4.78, 5) is 13.6. The molecule has 2 aromatic carbocycles. The van der Waals surface area contributed by atoms with Crippen LogP contribution < -0.4 is 9.64 Å². The number of piperazine rings is 1. The Kier molecular flexibility index (Phi) is 5.96. The number of aliphatic hydroxyl groups is 1. The molecule has 0 bridgehead atoms. The molecule has 1 unspecified atom stereocenters. The van der Waals surface area contributed by atoms with Crippen molar-refractivity contribution in [3.8, 4) is 11.4 Å². The first kappa shape index (κ1) is 20.4. The second kappa shape index (κ2) is 9.33. The van der Waals surface area contributed by atoms with E-state index in [1.807, 2.05) is 71.5 Å². The van der Waals surface area contributed by atoms with Crippen molar-refractivity contribution in [2.75, 3.05) is 44.2 Å². The molecule has 0 saturated carbocycles. The van der Waals surface area contributed by atoms with Gasteiger partial charge in [-0.2, -0.15) is 5.10 Å². The second-order valence-corrected chi connectivity index (χ2v) is 7.89. The average molecular weight is 431 g/mol. The number of hydrogen-bond acceptors (Lipinski definition) is 7. The van der Waals surface area contributed by atoms with Crippen molar-refractivity contribution in [1.29, 1.82) is 0 Å². The standard InChI is InChI=1S/C24H26N6O2/c31-20(17-32-21-9-5-2-6-10-21)16-28-11-13-29(14-12-28)23-22-15-27-30(24(22)26-18-25-23)19-7-3-1-4-8-19/h1-10,15,18,20,31H,11-14,16-17H2. The Morgan fingerprint density at radius 1 is 0.906 bits per heavy atom. The molecule has 1 atom stereocenters. The predicted octanol–water partition coefficient (Wildman–Crippen LogP) is 2.38. The topological polar surface area (TPSA) is 79.5 Å². The van der Waals surface area contributed by atoms with E-state index in [4.69, 9.17) is 4.74 Å². The van der Waals surface area contributed by atoms with Gasteiger partial charge in [0.1, 0.15) is 30.6 Å². The van der Waals surface area contributed by atoms with Crippen LogP contribution >= 0.6 is 0 Å². The minimum Gasteiger partial charge on any atom is -0.491 e. The van der Waals surface area contributed by atoms with Crippen LogP contribution in [0.1, 0.15) is 0 Å². The molecule has 3 heterocycles. The lowest BCUT2D eigenvalue weighted by molar-refractivity contribution is 0.0663. The molecule has 1 fully saturated rings. The van der Waals surface area contributed by atoms with E-state index in [0.717, 1.165) is 54.5 Å². The molecule has 1 aliphatic heterocycles. The smallest absolute Gasteiger partial charge is 0.168 e. The van der Waals surface area contributed by atoms with Crippen molar-refractivity contribution in [3.63, 3.8) is 0 Å². The first-order valence-corrected chi connectivity index (χ1v) is 10.9. The molecule has 0 spiro atoms. The summed E-state index contributed by atoms with van der Waals surface area (Å²) in [5, 5.41) is 15.9. The maximum Gasteiger partial charge on any atom is 0.168 e. The lowest BCUT2D eigenvalue weighted by Crippen LogP contribution is -2.49. The Labute approximate surface area is 186 Å². The van der Waals surface area contributed by atoms with Crippen LogP contribution in [0.15, 0.2) is 73.2 Å². The van der Waals surface area contributed by atoms with Crippen molar-refractivity contribution in [1.82, 2.24) is 24.6 Å². The third kappa shape index (κ3) is 4.42. The van der Waals surface area contributed by atoms with E-state index in [2.05, 4.69) is 24.9 Å². The van der Waals surface area contributed by atoms with Crippen LogP contribution in [0.2, 0.25) is 0 Å². The summed E-state index contributed by atoms with van der Waals surface area (Å²) >= 11 is 0. The fourth-order valence-electron chi connectivity index (χ4n) is 4.04. The van der Waals surface area contributed by atoms with E-state index in [1.54, 1.807) is 6.33 Å². The molecule has 0 amide bonds. The van der Waals surface area contributed by atoms with Gasteiger partial charge in [0.25, 0.3) is 0 Å². The van der Waals surface area contributed by atoms with E-state index < -0.39 is 6.10 Å². The zero-order valence-corrected chi connectivity index (χ0v) is 17.8. The lowest BCUT2D eigenvalue weighted by Gasteiger charge is -2.36. The summed E-state index contributed by atoms with van der Waals surface area (Å²) in [5.74, 6) is 1.69. The highest BCUT2D eigenvalue weighted by Gasteiger charge is 2.23. The molecule has 1 N–H and O–H groups in total. The van der Waals surface area contributed by atoms with Gasteiger partial charge < -0.3 is 14.7 Å². The molecule has 0 radical (unpaired) electrons. The second-order valence-electron chi connectivity index (χ2n) is 7.89. The van der Waals surface area contributed by atoms with Gasteiger partial charge in [-0.05, 0) is 24.3 Å². The van der Waals surface area contributed by atoms with Crippen molar-refractivity contribution >= 4 is 16.9 Å². The SMILES string of the molecule is OC(COc1ccccc1)CN1CCN(c2ncnc3c2cnn3-c2ccccc2)CC1. The fourth-order valence-corrected chi connectivity index (χ4v) is 4.04. The Morgan fingerprint density at radius 3 is 2.38 bits per heavy atom. The number of aliphatic hydroxyl groups excluding tert-OH is 1. The highest BCUT2D eigenvalue weighted by molar-refractivity contribution is 5.87. The summed E-state index contributed by atoms with van der Waals surface area (Å²) < 4.78 is 7.52. The number of anilines is 1. The first-order chi connectivity index (χ1) is 15.8. The number of rotatable bonds is 7. The Bertz CT molecular complexity index is 1140. The number of hydrogen-bond donors (Lipinski definition) is 1. The van der Waals surface area contributed by atoms with Crippen molar-refractivity contribution < 1.29 is 9.84 Å². The highest BCUT2D eigenvalue weighted by atomic mass is 16.5. The third-order valence-electron chi connectivity index (χ3n) is 5.67. The molecule has 1 saturated heterocycles. The largest absolute Gasteiger partial charge is 0.491 e. The maximum absolute atomic E-state index is 10.4. The zero-order chi connectivity index (χ0) is 21.8. The van der Waals surface area contributed by atoms with Gasteiger partial charge in [0.15, 0.2) is 5.65 Å². The summed E-state index contributed by atoms with van der Waals surface area (Å²) in [6.07, 6.45) is 2.92. The summed E-state index contributed by atoms with van der Waals surface area (Å²) in [5.41, 5.74) is 1.78. The van der Waals surface area contributed by atoms with E-state index in [-0.39, 0.29) is 6.61 Å². The van der Waals surface area contributed by atoms with Gasteiger partial charge in [-0.3, -0.25) is 4.90 Å². The molecule has 4 aromatic rings. The molecular weight excluding hydrogens is 404 g/mol. The van der Waals surface area contributed by atoms with E-state index in [9.17, 15) is 5.11 Å². The molecule has 8 nitrogen and oxygen atoms in total. The van der Waals surface area contributed by atoms with Crippen LogP contribution in [0.25, 0.3) is 16.7 Å². The Hall–Kier alpha value is -3.49. The van der Waals surface area contributed by atoms with Crippen LogP contribution in [-0.4, -0.2) is 75.2 Å². The number of para-hydroxylation sites is 2.